The van der Waals surface area contributed by atoms with Crippen molar-refractivity contribution in [2.24, 2.45) is 0 Å². The first-order valence-electron chi connectivity index (χ1n) is 6.86. The van der Waals surface area contributed by atoms with Gasteiger partial charge >= 0.3 is 5.97 Å². The molecule has 5 heteroatoms. The van der Waals surface area contributed by atoms with Crippen LogP contribution in [0.1, 0.15) is 16.1 Å². The maximum absolute atomic E-state index is 11.6. The first kappa shape index (κ1) is 14.0. The summed E-state index contributed by atoms with van der Waals surface area (Å²) < 4.78 is 4.75. The molecule has 3 aromatic rings. The lowest BCUT2D eigenvalue weighted by Gasteiger charge is -2.12. The van der Waals surface area contributed by atoms with E-state index < -0.39 is 0 Å². The van der Waals surface area contributed by atoms with Gasteiger partial charge in [0.1, 0.15) is 0 Å². The van der Waals surface area contributed by atoms with E-state index in [2.05, 4.69) is 15.5 Å². The van der Waals surface area contributed by atoms with E-state index in [1.807, 2.05) is 37.3 Å². The minimum Gasteiger partial charge on any atom is -0.465 e. The average molecular weight is 293 g/mol. The fraction of sp³-hybridized carbons (Fsp3) is 0.118. The summed E-state index contributed by atoms with van der Waals surface area (Å²) >= 11 is 0. The molecule has 0 spiro atoms. The van der Waals surface area contributed by atoms with Crippen LogP contribution >= 0.6 is 0 Å². The molecule has 0 aliphatic rings. The van der Waals surface area contributed by atoms with Crippen LogP contribution in [0, 0.1) is 6.92 Å². The monoisotopic (exact) mass is 293 g/mol. The van der Waals surface area contributed by atoms with Gasteiger partial charge < -0.3 is 10.1 Å². The molecule has 0 saturated heterocycles. The van der Waals surface area contributed by atoms with Gasteiger partial charge in [0, 0.05) is 11.1 Å². The van der Waals surface area contributed by atoms with Crippen LogP contribution in [-0.2, 0) is 4.74 Å². The molecule has 1 heterocycles. The number of hydrogen-bond donors (Lipinski definition) is 1. The molecule has 110 valence electrons. The maximum Gasteiger partial charge on any atom is 0.337 e. The van der Waals surface area contributed by atoms with Crippen molar-refractivity contribution in [1.82, 2.24) is 10.2 Å². The molecule has 0 fully saturated rings. The minimum absolute atomic E-state index is 0.363. The number of aromatic nitrogens is 2. The zero-order chi connectivity index (χ0) is 15.5. The Hall–Kier alpha value is -2.95. The van der Waals surface area contributed by atoms with Crippen LogP contribution in [0.5, 0.6) is 0 Å². The minimum atomic E-state index is -0.363. The summed E-state index contributed by atoms with van der Waals surface area (Å²) in [4.78, 5) is 11.6. The molecule has 0 atom stereocenters. The van der Waals surface area contributed by atoms with Gasteiger partial charge in [0.05, 0.1) is 29.6 Å². The van der Waals surface area contributed by atoms with E-state index in [-0.39, 0.29) is 5.97 Å². The zero-order valence-electron chi connectivity index (χ0n) is 12.3. The van der Waals surface area contributed by atoms with Crippen LogP contribution in [0.4, 0.5) is 11.4 Å². The third kappa shape index (κ3) is 2.61. The molecule has 0 amide bonds. The number of hydrogen-bond acceptors (Lipinski definition) is 5. The van der Waals surface area contributed by atoms with Crippen LogP contribution < -0.4 is 5.32 Å². The number of carbonyl (C=O) groups is 1. The molecule has 1 aromatic heterocycles. The van der Waals surface area contributed by atoms with Crippen molar-refractivity contribution in [2.45, 2.75) is 6.92 Å². The van der Waals surface area contributed by atoms with Crippen molar-refractivity contribution < 1.29 is 9.53 Å². The Bertz CT molecular complexity index is 846. The number of nitrogens with zero attached hydrogens (tertiary/aromatic N) is 2. The lowest BCUT2D eigenvalue weighted by Crippen LogP contribution is -2.03. The number of ether oxygens (including phenoxy) is 1. The van der Waals surface area contributed by atoms with Crippen molar-refractivity contribution in [1.29, 1.82) is 0 Å². The van der Waals surface area contributed by atoms with Gasteiger partial charge in [0.25, 0.3) is 0 Å². The van der Waals surface area contributed by atoms with Crippen molar-refractivity contribution in [3.05, 3.63) is 59.8 Å². The first-order chi connectivity index (χ1) is 10.7. The number of nitrogens with one attached hydrogen (secondary N) is 1. The fourth-order valence-corrected chi connectivity index (χ4v) is 2.29. The van der Waals surface area contributed by atoms with Crippen LogP contribution in [0.15, 0.2) is 48.5 Å². The van der Waals surface area contributed by atoms with Crippen LogP contribution in [0.25, 0.3) is 10.9 Å². The van der Waals surface area contributed by atoms with E-state index in [9.17, 15) is 4.79 Å². The second-order valence-corrected chi connectivity index (χ2v) is 4.87. The Balaban J connectivity index is 2.03. The first-order valence-corrected chi connectivity index (χ1v) is 6.86. The Morgan fingerprint density at radius 1 is 1.09 bits per heavy atom. The third-order valence-electron chi connectivity index (χ3n) is 3.40. The molecule has 22 heavy (non-hydrogen) atoms. The molecule has 5 nitrogen and oxygen atoms in total. The van der Waals surface area contributed by atoms with Gasteiger partial charge in [-0.1, -0.05) is 24.3 Å². The van der Waals surface area contributed by atoms with Gasteiger partial charge in [-0.25, -0.2) is 4.79 Å². The topological polar surface area (TPSA) is 64.1 Å². The number of carbonyl (C=O) groups excluding carboxylic acids is 1. The number of fused-ring (bicyclic) bond motifs is 1. The number of esters is 1. The van der Waals surface area contributed by atoms with E-state index in [0.717, 1.165) is 28.0 Å². The predicted molar refractivity (Wildman–Crippen MR) is 85.3 cm³/mol. The summed E-state index contributed by atoms with van der Waals surface area (Å²) in [7, 11) is 1.37. The van der Waals surface area contributed by atoms with Gasteiger partial charge in [-0.15, -0.1) is 0 Å². The second kappa shape index (κ2) is 5.81. The summed E-state index contributed by atoms with van der Waals surface area (Å²) in [6, 6.07) is 14.9. The molecule has 3 rings (SSSR count). The van der Waals surface area contributed by atoms with Crippen LogP contribution in [0.3, 0.4) is 0 Å². The average Bonchev–Trinajstić information content (AvgIpc) is 2.57. The Morgan fingerprint density at radius 2 is 1.91 bits per heavy atom. The molecule has 1 N–H and O–H groups in total. The van der Waals surface area contributed by atoms with Crippen molar-refractivity contribution in [3.8, 4) is 0 Å². The SMILES string of the molecule is COC(=O)c1cccc(Nc2c(C)nnc3ccccc23)c1. The summed E-state index contributed by atoms with van der Waals surface area (Å²) in [6.45, 7) is 1.89. The van der Waals surface area contributed by atoms with Gasteiger partial charge in [-0.3, -0.25) is 0 Å². The molecule has 0 aliphatic carbocycles. The van der Waals surface area contributed by atoms with E-state index in [1.165, 1.54) is 7.11 Å². The van der Waals surface area contributed by atoms with E-state index in [1.54, 1.807) is 18.2 Å². The summed E-state index contributed by atoms with van der Waals surface area (Å²) in [5.41, 5.74) is 3.79. The highest BCUT2D eigenvalue weighted by Gasteiger charge is 2.09. The van der Waals surface area contributed by atoms with Gasteiger partial charge in [-0.2, -0.15) is 10.2 Å². The molecule has 2 aromatic carbocycles. The fourth-order valence-electron chi connectivity index (χ4n) is 2.29. The van der Waals surface area contributed by atoms with Gasteiger partial charge in [0.2, 0.25) is 0 Å². The second-order valence-electron chi connectivity index (χ2n) is 4.87. The third-order valence-corrected chi connectivity index (χ3v) is 3.40. The predicted octanol–water partition coefficient (Wildman–Crippen LogP) is 3.47. The number of rotatable bonds is 3. The lowest BCUT2D eigenvalue weighted by molar-refractivity contribution is 0.0601. The van der Waals surface area contributed by atoms with Gasteiger partial charge in [-0.05, 0) is 31.2 Å². The van der Waals surface area contributed by atoms with E-state index in [0.29, 0.717) is 5.56 Å². The van der Waals surface area contributed by atoms with E-state index >= 15 is 0 Å². The van der Waals surface area contributed by atoms with Crippen LogP contribution in [-0.4, -0.2) is 23.3 Å². The number of methoxy groups -OCH3 is 1. The standard InChI is InChI=1S/C17H15N3O2/c1-11-16(14-8-3-4-9-15(14)20-19-11)18-13-7-5-6-12(10-13)17(21)22-2/h3-10H,1-2H3,(H,18,20). The highest BCUT2D eigenvalue weighted by molar-refractivity contribution is 5.95. The smallest absolute Gasteiger partial charge is 0.337 e. The number of aryl methyl sites for hydroxylation is 1. The van der Waals surface area contributed by atoms with Crippen molar-refractivity contribution in [3.63, 3.8) is 0 Å². The number of anilines is 2. The summed E-state index contributed by atoms with van der Waals surface area (Å²) in [5.74, 6) is -0.363. The highest BCUT2D eigenvalue weighted by atomic mass is 16.5. The lowest BCUT2D eigenvalue weighted by atomic mass is 10.1. The molecular weight excluding hydrogens is 278 g/mol. The molecule has 0 radical (unpaired) electrons. The van der Waals surface area contributed by atoms with Gasteiger partial charge in [0.15, 0.2) is 0 Å². The van der Waals surface area contributed by atoms with Crippen LogP contribution in [0.2, 0.25) is 0 Å². The summed E-state index contributed by atoms with van der Waals surface area (Å²) in [6.07, 6.45) is 0. The van der Waals surface area contributed by atoms with Crippen molar-refractivity contribution >= 4 is 28.2 Å². The maximum atomic E-state index is 11.6. The Labute approximate surface area is 127 Å². The molecular formula is C17H15N3O2. The normalized spacial score (nSPS) is 10.5. The summed E-state index contributed by atoms with van der Waals surface area (Å²) in [5, 5.41) is 12.7. The largest absolute Gasteiger partial charge is 0.465 e. The number of benzene rings is 2. The molecule has 0 saturated carbocycles. The molecule has 0 unspecified atom stereocenters. The van der Waals surface area contributed by atoms with E-state index in [4.69, 9.17) is 4.74 Å². The van der Waals surface area contributed by atoms with Crippen molar-refractivity contribution in [2.75, 3.05) is 12.4 Å². The molecule has 0 bridgehead atoms. The molecule has 0 aliphatic heterocycles. The zero-order valence-corrected chi connectivity index (χ0v) is 12.3. The Kier molecular flexibility index (Phi) is 3.70. The quantitative estimate of drug-likeness (QED) is 0.749. The highest BCUT2D eigenvalue weighted by Crippen LogP contribution is 2.27. The Morgan fingerprint density at radius 3 is 2.73 bits per heavy atom.